The van der Waals surface area contributed by atoms with Crippen LogP contribution in [0.2, 0.25) is 5.02 Å². The van der Waals surface area contributed by atoms with Crippen molar-refractivity contribution in [3.05, 3.63) is 22.7 Å². The van der Waals surface area contributed by atoms with Crippen LogP contribution in [0.15, 0.2) is 17.1 Å². The van der Waals surface area contributed by atoms with Crippen LogP contribution >= 0.6 is 11.6 Å². The molecule has 2 aliphatic heterocycles. The molecule has 0 spiro atoms. The van der Waals surface area contributed by atoms with Gasteiger partial charge in [0.25, 0.3) is 0 Å². The molecule has 0 aliphatic carbocycles. The van der Waals surface area contributed by atoms with Crippen molar-refractivity contribution in [2.24, 2.45) is 10.9 Å². The number of carbonyl (C=O) groups excluding carboxylic acids is 1. The van der Waals surface area contributed by atoms with Gasteiger partial charge in [-0.05, 0) is 24.1 Å². The van der Waals surface area contributed by atoms with Gasteiger partial charge in [-0.3, -0.25) is 9.79 Å². The summed E-state index contributed by atoms with van der Waals surface area (Å²) in [6.45, 7) is 7.14. The largest absolute Gasteiger partial charge is 0.489 e. The molecule has 1 fully saturated rings. The van der Waals surface area contributed by atoms with Crippen LogP contribution < -0.4 is 20.1 Å². The number of hydrogen-bond donors (Lipinski definition) is 2. The van der Waals surface area contributed by atoms with Crippen molar-refractivity contribution < 1.29 is 14.3 Å². The molecule has 2 aliphatic rings. The summed E-state index contributed by atoms with van der Waals surface area (Å²) in [4.78, 5) is 18.4. The van der Waals surface area contributed by atoms with Gasteiger partial charge in [-0.15, -0.1) is 0 Å². The molecule has 1 aromatic carbocycles. The number of likely N-dealkylation sites (tertiary alicyclic amines) is 1. The van der Waals surface area contributed by atoms with Gasteiger partial charge in [0.1, 0.15) is 0 Å². The van der Waals surface area contributed by atoms with E-state index in [0.29, 0.717) is 48.8 Å². The van der Waals surface area contributed by atoms with Crippen molar-refractivity contribution in [2.45, 2.75) is 39.3 Å². The molecule has 1 unspecified atom stereocenters. The zero-order valence-corrected chi connectivity index (χ0v) is 17.5. The summed E-state index contributed by atoms with van der Waals surface area (Å²) in [5.41, 5.74) is 0.986. The average molecular weight is 409 g/mol. The van der Waals surface area contributed by atoms with Crippen LogP contribution in [-0.2, 0) is 11.3 Å². The van der Waals surface area contributed by atoms with Crippen LogP contribution in [0.25, 0.3) is 0 Å². The number of aliphatic imine (C=N–C) groups is 1. The number of carbonyl (C=O) groups is 1. The van der Waals surface area contributed by atoms with Crippen LogP contribution in [0.4, 0.5) is 0 Å². The lowest BCUT2D eigenvalue weighted by atomic mass is 10.2. The molecular formula is C20H29ClN4O3. The van der Waals surface area contributed by atoms with Gasteiger partial charge in [-0.1, -0.05) is 25.4 Å². The van der Waals surface area contributed by atoms with E-state index < -0.39 is 0 Å². The van der Waals surface area contributed by atoms with Crippen molar-refractivity contribution in [3.63, 3.8) is 0 Å². The van der Waals surface area contributed by atoms with Crippen molar-refractivity contribution in [2.75, 3.05) is 33.4 Å². The second-order valence-corrected chi connectivity index (χ2v) is 7.86. The van der Waals surface area contributed by atoms with Gasteiger partial charge in [0, 0.05) is 45.1 Å². The summed E-state index contributed by atoms with van der Waals surface area (Å²) in [5, 5.41) is 7.27. The van der Waals surface area contributed by atoms with E-state index in [-0.39, 0.29) is 17.9 Å². The summed E-state index contributed by atoms with van der Waals surface area (Å²) in [7, 11) is 1.74. The van der Waals surface area contributed by atoms with E-state index in [1.165, 1.54) is 0 Å². The van der Waals surface area contributed by atoms with Gasteiger partial charge < -0.3 is 25.0 Å². The predicted molar refractivity (Wildman–Crippen MR) is 110 cm³/mol. The summed E-state index contributed by atoms with van der Waals surface area (Å²) in [6.07, 6.45) is 1.75. The second-order valence-electron chi connectivity index (χ2n) is 7.45. The number of nitrogens with one attached hydrogen (secondary N) is 2. The molecule has 0 bridgehead atoms. The van der Waals surface area contributed by atoms with E-state index in [1.54, 1.807) is 7.05 Å². The Kier molecular flexibility index (Phi) is 6.88. The van der Waals surface area contributed by atoms with Crippen LogP contribution in [0.1, 0.15) is 32.3 Å². The number of nitrogens with zero attached hydrogens (tertiary/aromatic N) is 2. The van der Waals surface area contributed by atoms with Crippen molar-refractivity contribution in [1.82, 2.24) is 15.5 Å². The lowest BCUT2D eigenvalue weighted by Gasteiger charge is -2.20. The highest BCUT2D eigenvalue weighted by Gasteiger charge is 2.28. The number of ether oxygens (including phenoxy) is 2. The lowest BCUT2D eigenvalue weighted by Crippen LogP contribution is -2.45. The normalized spacial score (nSPS) is 19.5. The second kappa shape index (κ2) is 9.37. The average Bonchev–Trinajstić information content (AvgIpc) is 3.00. The molecule has 1 atom stereocenters. The van der Waals surface area contributed by atoms with Crippen LogP contribution in [0.5, 0.6) is 11.5 Å². The van der Waals surface area contributed by atoms with Crippen LogP contribution in [0, 0.1) is 5.92 Å². The molecule has 7 nitrogen and oxygen atoms in total. The molecule has 0 radical (unpaired) electrons. The fraction of sp³-hybridized carbons (Fsp3) is 0.600. The Hall–Kier alpha value is -2.15. The highest BCUT2D eigenvalue weighted by atomic mass is 35.5. The fourth-order valence-corrected chi connectivity index (χ4v) is 3.69. The Bertz CT molecular complexity index is 738. The Balaban J connectivity index is 1.56. The van der Waals surface area contributed by atoms with Crippen molar-refractivity contribution in [3.8, 4) is 11.5 Å². The first kappa shape index (κ1) is 20.6. The third-order valence-corrected chi connectivity index (χ3v) is 5.16. The minimum Gasteiger partial charge on any atom is -0.489 e. The number of fused-ring (bicyclic) bond motifs is 1. The zero-order valence-electron chi connectivity index (χ0n) is 16.8. The topological polar surface area (TPSA) is 75.2 Å². The molecular weight excluding hydrogens is 380 g/mol. The summed E-state index contributed by atoms with van der Waals surface area (Å²) < 4.78 is 11.4. The van der Waals surface area contributed by atoms with Crippen molar-refractivity contribution in [1.29, 1.82) is 0 Å². The van der Waals surface area contributed by atoms with Gasteiger partial charge in [-0.25, -0.2) is 0 Å². The van der Waals surface area contributed by atoms with E-state index in [1.807, 2.05) is 30.9 Å². The third kappa shape index (κ3) is 5.01. The molecule has 0 saturated carbocycles. The summed E-state index contributed by atoms with van der Waals surface area (Å²) in [6, 6.07) is 4.03. The van der Waals surface area contributed by atoms with Gasteiger partial charge in [0.15, 0.2) is 17.5 Å². The van der Waals surface area contributed by atoms with Gasteiger partial charge in [-0.2, -0.15) is 0 Å². The summed E-state index contributed by atoms with van der Waals surface area (Å²) >= 11 is 6.36. The molecule has 2 heterocycles. The zero-order chi connectivity index (χ0) is 20.1. The van der Waals surface area contributed by atoms with Gasteiger partial charge in [0.2, 0.25) is 5.91 Å². The van der Waals surface area contributed by atoms with E-state index in [2.05, 4.69) is 15.6 Å². The number of hydrogen-bond acceptors (Lipinski definition) is 4. The molecule has 1 amide bonds. The third-order valence-electron chi connectivity index (χ3n) is 4.88. The summed E-state index contributed by atoms with van der Waals surface area (Å²) in [5.74, 6) is 2.23. The first-order chi connectivity index (χ1) is 13.5. The Morgan fingerprint density at radius 1 is 1.36 bits per heavy atom. The minimum absolute atomic E-state index is 0.0281. The smallest absolute Gasteiger partial charge is 0.225 e. The molecule has 1 aromatic rings. The van der Waals surface area contributed by atoms with Crippen LogP contribution in [-0.4, -0.2) is 56.2 Å². The first-order valence-corrected chi connectivity index (χ1v) is 10.2. The molecule has 2 N–H and O–H groups in total. The number of benzene rings is 1. The van der Waals surface area contributed by atoms with E-state index in [9.17, 15) is 4.79 Å². The van der Waals surface area contributed by atoms with Gasteiger partial charge in [0.05, 0.1) is 18.2 Å². The van der Waals surface area contributed by atoms with Gasteiger partial charge >= 0.3 is 0 Å². The SMILES string of the molecule is CN=C(NCc1cc(Cl)c2c(c1)OCCCO2)NC1CCN(C(=O)C(C)C)C1. The molecule has 0 aromatic heterocycles. The maximum Gasteiger partial charge on any atom is 0.225 e. The van der Waals surface area contributed by atoms with Crippen molar-refractivity contribution >= 4 is 23.5 Å². The molecule has 154 valence electrons. The van der Waals surface area contributed by atoms with E-state index in [0.717, 1.165) is 24.9 Å². The number of guanidine groups is 1. The first-order valence-electron chi connectivity index (χ1n) is 9.82. The minimum atomic E-state index is 0.0281. The molecule has 28 heavy (non-hydrogen) atoms. The monoisotopic (exact) mass is 408 g/mol. The predicted octanol–water partition coefficient (Wildman–Crippen LogP) is 2.42. The standard InChI is InChI=1S/C20H29ClN4O3/c1-13(2)19(26)25-6-5-15(12-25)24-20(22-3)23-11-14-9-16(21)18-17(10-14)27-7-4-8-28-18/h9-10,13,15H,4-8,11-12H2,1-3H3,(H2,22,23,24). The lowest BCUT2D eigenvalue weighted by molar-refractivity contribution is -0.133. The van der Waals surface area contributed by atoms with E-state index >= 15 is 0 Å². The number of halogens is 1. The van der Waals surface area contributed by atoms with Crippen LogP contribution in [0.3, 0.4) is 0 Å². The quantitative estimate of drug-likeness (QED) is 0.591. The Labute approximate surface area is 171 Å². The number of rotatable bonds is 4. The number of amides is 1. The Morgan fingerprint density at radius 3 is 2.89 bits per heavy atom. The fourth-order valence-electron chi connectivity index (χ4n) is 3.40. The van der Waals surface area contributed by atoms with E-state index in [4.69, 9.17) is 21.1 Å². The highest BCUT2D eigenvalue weighted by Crippen LogP contribution is 2.37. The Morgan fingerprint density at radius 2 is 2.14 bits per heavy atom. The molecule has 3 rings (SSSR count). The maximum atomic E-state index is 12.1. The maximum absolute atomic E-state index is 12.1. The molecule has 1 saturated heterocycles. The highest BCUT2D eigenvalue weighted by molar-refractivity contribution is 6.32. The molecule has 8 heteroatoms.